The molecule has 0 aliphatic rings. The van der Waals surface area contributed by atoms with E-state index >= 15 is 0 Å². The predicted octanol–water partition coefficient (Wildman–Crippen LogP) is 2.75. The molecule has 2 heterocycles. The quantitative estimate of drug-likeness (QED) is 0.845. The van der Waals surface area contributed by atoms with Gasteiger partial charge in [-0.05, 0) is 22.9 Å². The van der Waals surface area contributed by atoms with Crippen LogP contribution in [0, 0.1) is 6.92 Å². The van der Waals surface area contributed by atoms with Crippen molar-refractivity contribution < 1.29 is 4.42 Å². The molecule has 7 heteroatoms. The summed E-state index contributed by atoms with van der Waals surface area (Å²) in [5.74, 6) is 0. The van der Waals surface area contributed by atoms with Gasteiger partial charge in [-0.15, -0.1) is 10.2 Å². The van der Waals surface area contributed by atoms with E-state index < -0.39 is 0 Å². The van der Waals surface area contributed by atoms with E-state index in [2.05, 4.69) is 31.1 Å². The minimum absolute atomic E-state index is 0.598. The van der Waals surface area contributed by atoms with Crippen molar-refractivity contribution in [3.8, 4) is 0 Å². The Morgan fingerprint density at radius 3 is 2.92 bits per heavy atom. The smallest absolute Gasteiger partial charge is 0.263 e. The molecular formula is C6H4BrN3OS2. The van der Waals surface area contributed by atoms with E-state index in [1.807, 2.05) is 6.92 Å². The molecule has 0 radical (unpaired) electrons. The maximum atomic E-state index is 5.15. The molecule has 0 bridgehead atoms. The Bertz CT molecular complexity index is 375. The normalized spacial score (nSPS) is 10.6. The number of nitrogens with zero attached hydrogens (tertiary/aromatic N) is 3. The first-order valence-electron chi connectivity index (χ1n) is 3.33. The van der Waals surface area contributed by atoms with Gasteiger partial charge in [0, 0.05) is 11.8 Å². The van der Waals surface area contributed by atoms with Gasteiger partial charge in [-0.2, -0.15) is 0 Å². The average Bonchev–Trinajstić information content (AvgIpc) is 2.62. The zero-order valence-electron chi connectivity index (χ0n) is 6.52. The highest BCUT2D eigenvalue weighted by molar-refractivity contribution is 9.11. The monoisotopic (exact) mass is 277 g/mol. The van der Waals surface area contributed by atoms with Crippen molar-refractivity contribution in [2.45, 2.75) is 16.5 Å². The van der Waals surface area contributed by atoms with Crippen molar-refractivity contribution in [2.24, 2.45) is 0 Å². The lowest BCUT2D eigenvalue weighted by Gasteiger charge is -1.85. The van der Waals surface area contributed by atoms with Gasteiger partial charge in [0.05, 0.1) is 5.69 Å². The summed E-state index contributed by atoms with van der Waals surface area (Å²) in [6.45, 7) is 1.88. The largest absolute Gasteiger partial charge is 0.439 e. The molecule has 68 valence electrons. The predicted molar refractivity (Wildman–Crippen MR) is 53.0 cm³/mol. The van der Waals surface area contributed by atoms with Gasteiger partial charge in [0.15, 0.2) is 8.26 Å². The van der Waals surface area contributed by atoms with Crippen molar-refractivity contribution in [2.75, 3.05) is 0 Å². The van der Waals surface area contributed by atoms with Gasteiger partial charge in [-0.3, -0.25) is 0 Å². The minimum Gasteiger partial charge on any atom is -0.439 e. The second-order valence-corrected chi connectivity index (χ2v) is 5.63. The molecule has 0 spiro atoms. The van der Waals surface area contributed by atoms with Crippen molar-refractivity contribution in [1.29, 1.82) is 0 Å². The average molecular weight is 278 g/mol. The highest BCUT2D eigenvalue weighted by Crippen LogP contribution is 2.30. The third-order valence-electron chi connectivity index (χ3n) is 1.15. The maximum absolute atomic E-state index is 5.15. The maximum Gasteiger partial charge on any atom is 0.263 e. The zero-order valence-corrected chi connectivity index (χ0v) is 9.74. The van der Waals surface area contributed by atoms with Crippen molar-refractivity contribution in [3.05, 3.63) is 15.9 Å². The zero-order chi connectivity index (χ0) is 9.26. The number of rotatable bonds is 2. The first kappa shape index (κ1) is 9.17. The van der Waals surface area contributed by atoms with E-state index in [0.717, 1.165) is 14.0 Å². The van der Waals surface area contributed by atoms with Crippen LogP contribution in [0.2, 0.25) is 0 Å². The molecule has 2 aromatic heterocycles. The lowest BCUT2D eigenvalue weighted by molar-refractivity contribution is 0.454. The van der Waals surface area contributed by atoms with E-state index in [9.17, 15) is 0 Å². The highest BCUT2D eigenvalue weighted by Gasteiger charge is 2.07. The molecule has 0 saturated carbocycles. The van der Waals surface area contributed by atoms with Gasteiger partial charge >= 0.3 is 0 Å². The molecule has 0 atom stereocenters. The van der Waals surface area contributed by atoms with Crippen LogP contribution in [0.3, 0.4) is 0 Å². The molecular weight excluding hydrogens is 274 g/mol. The van der Waals surface area contributed by atoms with Gasteiger partial charge in [0.2, 0.25) is 0 Å². The topological polar surface area (TPSA) is 51.8 Å². The van der Waals surface area contributed by atoms with Crippen molar-refractivity contribution in [1.82, 2.24) is 15.2 Å². The molecule has 2 aromatic rings. The van der Waals surface area contributed by atoms with Crippen LogP contribution in [-0.2, 0) is 0 Å². The third-order valence-corrected chi connectivity index (χ3v) is 3.42. The molecule has 0 aromatic carbocycles. The molecule has 4 nitrogen and oxygen atoms in total. The Labute approximate surface area is 90.9 Å². The molecule has 0 N–H and O–H groups in total. The molecule has 0 saturated heterocycles. The minimum atomic E-state index is 0.598. The van der Waals surface area contributed by atoms with Gasteiger partial charge in [-0.1, -0.05) is 11.3 Å². The fourth-order valence-corrected chi connectivity index (χ4v) is 2.99. The lowest BCUT2D eigenvalue weighted by Crippen LogP contribution is -1.73. The number of aryl methyl sites for hydroxylation is 1. The van der Waals surface area contributed by atoms with Crippen LogP contribution in [0.4, 0.5) is 0 Å². The van der Waals surface area contributed by atoms with E-state index in [0.29, 0.717) is 5.22 Å². The molecule has 0 aliphatic heterocycles. The summed E-state index contributed by atoms with van der Waals surface area (Å²) in [7, 11) is 0. The summed E-state index contributed by atoms with van der Waals surface area (Å²) in [5, 5.41) is 8.32. The summed E-state index contributed by atoms with van der Waals surface area (Å²) in [5.41, 5.74) is 0.867. The third kappa shape index (κ3) is 2.29. The number of aromatic nitrogens is 3. The first-order chi connectivity index (χ1) is 6.24. The molecule has 2 rings (SSSR count). The van der Waals surface area contributed by atoms with Crippen molar-refractivity contribution in [3.63, 3.8) is 0 Å². The summed E-state index contributed by atoms with van der Waals surface area (Å²) in [6.07, 6.45) is 1.61. The SMILES string of the molecule is Cc1coc(Sc2nnc(Br)s2)n1. The van der Waals surface area contributed by atoms with E-state index in [1.54, 1.807) is 6.26 Å². The van der Waals surface area contributed by atoms with Crippen LogP contribution >= 0.6 is 39.0 Å². The van der Waals surface area contributed by atoms with Gasteiger partial charge in [0.25, 0.3) is 5.22 Å². The summed E-state index contributed by atoms with van der Waals surface area (Å²) >= 11 is 6.05. The van der Waals surface area contributed by atoms with Crippen LogP contribution in [0.1, 0.15) is 5.69 Å². The molecule has 13 heavy (non-hydrogen) atoms. The van der Waals surface area contributed by atoms with Gasteiger partial charge in [0.1, 0.15) is 6.26 Å². The Morgan fingerprint density at radius 2 is 2.38 bits per heavy atom. The second kappa shape index (κ2) is 3.77. The number of hydrogen-bond donors (Lipinski definition) is 0. The summed E-state index contributed by atoms with van der Waals surface area (Å²) in [6, 6.07) is 0. The van der Waals surface area contributed by atoms with Crippen LogP contribution in [0.15, 0.2) is 24.2 Å². The van der Waals surface area contributed by atoms with E-state index in [4.69, 9.17) is 4.42 Å². The fraction of sp³-hybridized carbons (Fsp3) is 0.167. The lowest BCUT2D eigenvalue weighted by atomic mass is 10.6. The van der Waals surface area contributed by atoms with Crippen molar-refractivity contribution >= 4 is 39.0 Å². The Balaban J connectivity index is 2.14. The van der Waals surface area contributed by atoms with Gasteiger partial charge in [-0.25, -0.2) is 4.98 Å². The number of hydrogen-bond acceptors (Lipinski definition) is 6. The highest BCUT2D eigenvalue weighted by atomic mass is 79.9. The molecule has 0 fully saturated rings. The van der Waals surface area contributed by atoms with E-state index in [-0.39, 0.29) is 0 Å². The van der Waals surface area contributed by atoms with Crippen LogP contribution < -0.4 is 0 Å². The van der Waals surface area contributed by atoms with Gasteiger partial charge < -0.3 is 4.42 Å². The summed E-state index contributed by atoms with van der Waals surface area (Å²) < 4.78 is 6.73. The second-order valence-electron chi connectivity index (χ2n) is 2.18. The van der Waals surface area contributed by atoms with E-state index in [1.165, 1.54) is 23.1 Å². The Morgan fingerprint density at radius 1 is 1.54 bits per heavy atom. The molecule has 0 aliphatic carbocycles. The van der Waals surface area contributed by atoms with Crippen LogP contribution in [-0.4, -0.2) is 15.2 Å². The Hall–Kier alpha value is -0.400. The molecule has 0 unspecified atom stereocenters. The number of halogens is 1. The Kier molecular flexibility index (Phi) is 2.66. The fourth-order valence-electron chi connectivity index (χ4n) is 0.688. The van der Waals surface area contributed by atoms with Crippen LogP contribution in [0.5, 0.6) is 0 Å². The number of oxazole rings is 1. The van der Waals surface area contributed by atoms with Crippen LogP contribution in [0.25, 0.3) is 0 Å². The molecule has 0 amide bonds. The first-order valence-corrected chi connectivity index (χ1v) is 5.75. The summed E-state index contributed by atoms with van der Waals surface area (Å²) in [4.78, 5) is 4.14. The standard InChI is InChI=1S/C6H4BrN3OS2/c1-3-2-11-5(8-3)13-6-10-9-4(7)12-6/h2H,1H3.